The van der Waals surface area contributed by atoms with Gasteiger partial charge in [-0.1, -0.05) is 151 Å². The summed E-state index contributed by atoms with van der Waals surface area (Å²) in [7, 11) is 1.42. The van der Waals surface area contributed by atoms with E-state index < -0.39 is 32.5 Å². The van der Waals surface area contributed by atoms with Crippen LogP contribution in [0.2, 0.25) is 0 Å². The van der Waals surface area contributed by atoms with Crippen molar-refractivity contribution >= 4 is 19.8 Å². The first-order valence-corrected chi connectivity index (χ1v) is 24.2. The Balaban J connectivity index is 4.49. The third kappa shape index (κ3) is 43.0. The smallest absolute Gasteiger partial charge is 0.462 e. The van der Waals surface area contributed by atoms with Crippen LogP contribution in [0.3, 0.4) is 0 Å². The molecule has 58 heavy (non-hydrogen) atoms. The summed E-state index contributed by atoms with van der Waals surface area (Å²) in [4.78, 5) is 35.3. The van der Waals surface area contributed by atoms with Crippen LogP contribution in [0.1, 0.15) is 168 Å². The first-order valence-electron chi connectivity index (χ1n) is 22.7. The normalized spacial score (nSPS) is 14.2. The number of allylic oxidation sites excluding steroid dienone is 12. The number of quaternary nitrogens is 1. The standard InChI is InChI=1S/C48H84NO8P/c1-6-8-10-12-14-16-18-20-22-23-24-25-27-28-30-32-34-36-38-40-47(50)54-44-46(45-56-58(52,53)55-43-42-49(3,4)5)57-48(51)41-39-37-35-33-31-29-26-21-19-17-15-13-11-9-7-2/h14,16,20-22,24-26,28,30,34,36,46H,6-13,15,17-19,23,27,29,31-33,35,37-45H2,1-5H3/p+1/b16-14-,22-20-,25-24-,26-21-,30-28-,36-34-/t46-/m1/s1. The maximum absolute atomic E-state index is 12.7. The van der Waals surface area contributed by atoms with Crippen LogP contribution in [0, 0.1) is 0 Å². The number of unbranched alkanes of at least 4 members (excludes halogenated alkanes) is 14. The fourth-order valence-corrected chi connectivity index (χ4v) is 6.38. The molecule has 0 saturated carbocycles. The number of likely N-dealkylation sites (N-methyl/N-ethyl adjacent to an activating group) is 1. The van der Waals surface area contributed by atoms with Crippen LogP contribution < -0.4 is 0 Å². The second-order valence-corrected chi connectivity index (χ2v) is 17.5. The largest absolute Gasteiger partial charge is 0.472 e. The number of hydrogen-bond acceptors (Lipinski definition) is 7. The molecule has 0 fully saturated rings. The Labute approximate surface area is 355 Å². The van der Waals surface area contributed by atoms with Crippen molar-refractivity contribution in [2.75, 3.05) is 47.5 Å². The molecule has 9 nitrogen and oxygen atoms in total. The molecule has 0 aliphatic rings. The highest BCUT2D eigenvalue weighted by atomic mass is 31.2. The quantitative estimate of drug-likeness (QED) is 0.0214. The molecule has 0 aromatic heterocycles. The van der Waals surface area contributed by atoms with E-state index in [-0.39, 0.29) is 26.1 Å². The van der Waals surface area contributed by atoms with Crippen LogP contribution in [0.25, 0.3) is 0 Å². The Morgan fingerprint density at radius 3 is 1.50 bits per heavy atom. The fourth-order valence-electron chi connectivity index (χ4n) is 5.64. The van der Waals surface area contributed by atoms with Gasteiger partial charge in [0.1, 0.15) is 19.8 Å². The van der Waals surface area contributed by atoms with Crippen LogP contribution >= 0.6 is 7.82 Å². The van der Waals surface area contributed by atoms with E-state index in [9.17, 15) is 19.0 Å². The highest BCUT2D eigenvalue weighted by Gasteiger charge is 2.27. The molecule has 0 aliphatic heterocycles. The third-order valence-electron chi connectivity index (χ3n) is 9.22. The van der Waals surface area contributed by atoms with E-state index in [1.807, 2.05) is 33.3 Å². The molecule has 1 unspecified atom stereocenters. The number of carbonyl (C=O) groups excluding carboxylic acids is 2. The fraction of sp³-hybridized carbons (Fsp3) is 0.708. The summed E-state index contributed by atoms with van der Waals surface area (Å²) in [5.41, 5.74) is 0. The second kappa shape index (κ2) is 39.9. The van der Waals surface area contributed by atoms with E-state index in [2.05, 4.69) is 74.6 Å². The number of ether oxygens (including phenoxy) is 2. The molecule has 334 valence electrons. The maximum atomic E-state index is 12.7. The van der Waals surface area contributed by atoms with Crippen molar-refractivity contribution in [2.24, 2.45) is 0 Å². The number of phosphoric acid groups is 1. The van der Waals surface area contributed by atoms with Gasteiger partial charge >= 0.3 is 19.8 Å². The Hall–Kier alpha value is -2.55. The minimum atomic E-state index is -4.40. The van der Waals surface area contributed by atoms with Gasteiger partial charge in [0.05, 0.1) is 27.7 Å². The molecule has 0 spiro atoms. The predicted molar refractivity (Wildman–Crippen MR) is 242 cm³/mol. The number of carbonyl (C=O) groups is 2. The number of esters is 2. The van der Waals surface area contributed by atoms with Crippen LogP contribution in [0.4, 0.5) is 0 Å². The molecule has 10 heteroatoms. The van der Waals surface area contributed by atoms with Gasteiger partial charge in [-0.05, 0) is 77.0 Å². The predicted octanol–water partition coefficient (Wildman–Crippen LogP) is 13.0. The van der Waals surface area contributed by atoms with Gasteiger partial charge in [0.25, 0.3) is 0 Å². The van der Waals surface area contributed by atoms with Crippen LogP contribution in [0.15, 0.2) is 72.9 Å². The first kappa shape index (κ1) is 55.5. The molecule has 1 N–H and O–H groups in total. The lowest BCUT2D eigenvalue weighted by Gasteiger charge is -2.24. The minimum Gasteiger partial charge on any atom is -0.462 e. The van der Waals surface area contributed by atoms with Gasteiger partial charge in [-0.25, -0.2) is 4.57 Å². The number of hydrogen-bond donors (Lipinski definition) is 1. The number of rotatable bonds is 40. The molecule has 0 bridgehead atoms. The zero-order valence-electron chi connectivity index (χ0n) is 37.5. The molecule has 0 aromatic rings. The van der Waals surface area contributed by atoms with Crippen molar-refractivity contribution in [2.45, 2.75) is 174 Å². The molecule has 0 amide bonds. The summed E-state index contributed by atoms with van der Waals surface area (Å²) in [6, 6.07) is 0. The van der Waals surface area contributed by atoms with E-state index >= 15 is 0 Å². The van der Waals surface area contributed by atoms with Gasteiger partial charge in [0.15, 0.2) is 6.10 Å². The van der Waals surface area contributed by atoms with Crippen molar-refractivity contribution in [1.29, 1.82) is 0 Å². The van der Waals surface area contributed by atoms with Crippen molar-refractivity contribution in [3.63, 3.8) is 0 Å². The topological polar surface area (TPSA) is 108 Å². The highest BCUT2D eigenvalue weighted by Crippen LogP contribution is 2.43. The average molecular weight is 835 g/mol. The third-order valence-corrected chi connectivity index (χ3v) is 10.2. The highest BCUT2D eigenvalue weighted by molar-refractivity contribution is 7.47. The lowest BCUT2D eigenvalue weighted by atomic mass is 10.1. The molecule has 0 radical (unpaired) electrons. The average Bonchev–Trinajstić information content (AvgIpc) is 3.17. The van der Waals surface area contributed by atoms with E-state index in [0.717, 1.165) is 57.8 Å². The van der Waals surface area contributed by atoms with E-state index in [0.29, 0.717) is 23.9 Å². The van der Waals surface area contributed by atoms with E-state index in [4.69, 9.17) is 18.5 Å². The molecule has 2 atom stereocenters. The Kier molecular flexibility index (Phi) is 38.1. The first-order chi connectivity index (χ1) is 28.0. The monoisotopic (exact) mass is 835 g/mol. The van der Waals surface area contributed by atoms with Crippen molar-refractivity contribution < 1.29 is 42.1 Å². The summed E-state index contributed by atoms with van der Waals surface area (Å²) in [6.45, 7) is 4.28. The summed E-state index contributed by atoms with van der Waals surface area (Å²) in [6.07, 6.45) is 49.6. The van der Waals surface area contributed by atoms with Crippen molar-refractivity contribution in [1.82, 2.24) is 0 Å². The van der Waals surface area contributed by atoms with Crippen molar-refractivity contribution in [3.8, 4) is 0 Å². The molecule has 0 saturated heterocycles. The Morgan fingerprint density at radius 1 is 0.534 bits per heavy atom. The molecular formula is C48H85NO8P+. The zero-order valence-corrected chi connectivity index (χ0v) is 38.4. The Morgan fingerprint density at radius 2 is 0.966 bits per heavy atom. The van der Waals surface area contributed by atoms with Gasteiger partial charge in [-0.2, -0.15) is 0 Å². The van der Waals surface area contributed by atoms with E-state index in [1.54, 1.807) is 0 Å². The Bertz CT molecular complexity index is 1220. The van der Waals surface area contributed by atoms with Gasteiger partial charge in [-0.3, -0.25) is 18.6 Å². The van der Waals surface area contributed by atoms with Gasteiger partial charge in [0, 0.05) is 12.8 Å². The van der Waals surface area contributed by atoms with Crippen LogP contribution in [-0.4, -0.2) is 74.9 Å². The molecule has 0 heterocycles. The summed E-state index contributed by atoms with van der Waals surface area (Å²) in [5.74, 6) is -0.909. The van der Waals surface area contributed by atoms with Gasteiger partial charge in [0.2, 0.25) is 0 Å². The van der Waals surface area contributed by atoms with Crippen molar-refractivity contribution in [3.05, 3.63) is 72.9 Å². The van der Waals surface area contributed by atoms with Gasteiger partial charge in [-0.15, -0.1) is 0 Å². The second-order valence-electron chi connectivity index (χ2n) is 16.1. The summed E-state index contributed by atoms with van der Waals surface area (Å²) >= 11 is 0. The maximum Gasteiger partial charge on any atom is 0.472 e. The zero-order chi connectivity index (χ0) is 42.8. The molecule has 0 aromatic carbocycles. The van der Waals surface area contributed by atoms with Gasteiger partial charge < -0.3 is 18.9 Å². The minimum absolute atomic E-state index is 0.0160. The lowest BCUT2D eigenvalue weighted by Crippen LogP contribution is -2.37. The van der Waals surface area contributed by atoms with E-state index in [1.165, 1.54) is 70.6 Å². The number of nitrogens with zero attached hydrogens (tertiary/aromatic N) is 1. The molecule has 0 rings (SSSR count). The molecular weight excluding hydrogens is 750 g/mol. The van der Waals surface area contributed by atoms with Crippen LogP contribution in [0.5, 0.6) is 0 Å². The van der Waals surface area contributed by atoms with Crippen LogP contribution in [-0.2, 0) is 32.7 Å². The lowest BCUT2D eigenvalue weighted by molar-refractivity contribution is -0.870. The summed E-state index contributed by atoms with van der Waals surface area (Å²) < 4.78 is 34.2. The molecule has 0 aliphatic carbocycles. The summed E-state index contributed by atoms with van der Waals surface area (Å²) in [5, 5.41) is 0. The number of phosphoric ester groups is 1. The SMILES string of the molecule is CCCCC/C=C\C/C=C\C/C=C\C/C=C\C/C=C\CCC(=O)OC[C@H](COP(=O)(O)OCC[N+](C)(C)C)OC(=O)CCCCCCC/C=C\CCCCCCCC.